The zero-order valence-corrected chi connectivity index (χ0v) is 11.4. The van der Waals surface area contributed by atoms with Crippen molar-refractivity contribution in [1.82, 2.24) is 0 Å². The number of aryl methyl sites for hydroxylation is 1. The molecule has 0 radical (unpaired) electrons. The van der Waals surface area contributed by atoms with Gasteiger partial charge in [0.1, 0.15) is 0 Å². The van der Waals surface area contributed by atoms with E-state index in [0.29, 0.717) is 0 Å². The van der Waals surface area contributed by atoms with Crippen molar-refractivity contribution in [2.75, 3.05) is 0 Å². The average Bonchev–Trinajstić information content (AvgIpc) is 2.45. The van der Waals surface area contributed by atoms with Crippen LogP contribution in [0.25, 0.3) is 0 Å². The minimum Gasteiger partial charge on any atom is -0.294 e. The minimum absolute atomic E-state index is 0.107. The molecular formula is C17H15ClO. The van der Waals surface area contributed by atoms with E-state index in [1.807, 2.05) is 42.5 Å². The van der Waals surface area contributed by atoms with Crippen molar-refractivity contribution in [3.05, 3.63) is 70.2 Å². The van der Waals surface area contributed by atoms with E-state index in [-0.39, 0.29) is 11.7 Å². The van der Waals surface area contributed by atoms with Gasteiger partial charge in [-0.25, -0.2) is 0 Å². The second-order valence-electron chi connectivity index (χ2n) is 5.09. The highest BCUT2D eigenvalue weighted by atomic mass is 35.5. The quantitative estimate of drug-likeness (QED) is 0.794. The monoisotopic (exact) mass is 270 g/mol. The predicted octanol–water partition coefficient (Wildman–Crippen LogP) is 4.33. The van der Waals surface area contributed by atoms with Gasteiger partial charge in [0.15, 0.2) is 5.78 Å². The van der Waals surface area contributed by atoms with E-state index < -0.39 is 0 Å². The molecule has 0 amide bonds. The number of fused-ring (bicyclic) bond motifs is 1. The fourth-order valence-corrected chi connectivity index (χ4v) is 2.89. The molecule has 2 heteroatoms. The molecule has 1 unspecified atom stereocenters. The maximum atomic E-state index is 12.5. The molecule has 2 aromatic carbocycles. The molecule has 1 aliphatic rings. The van der Waals surface area contributed by atoms with Crippen molar-refractivity contribution in [3.63, 3.8) is 0 Å². The summed E-state index contributed by atoms with van der Waals surface area (Å²) in [6.45, 7) is 0. The van der Waals surface area contributed by atoms with Gasteiger partial charge in [-0.15, -0.1) is 0 Å². The third-order valence-corrected chi connectivity index (χ3v) is 4.06. The molecule has 1 atom stereocenters. The molecule has 0 aromatic heterocycles. The molecule has 0 saturated heterocycles. The molecule has 1 nitrogen and oxygen atoms in total. The SMILES string of the molecule is O=C1c2ccccc2CCC1Cc1ccc(Cl)cc1. The zero-order chi connectivity index (χ0) is 13.2. The van der Waals surface area contributed by atoms with Crippen LogP contribution in [0.4, 0.5) is 0 Å². The minimum atomic E-state index is 0.107. The second-order valence-corrected chi connectivity index (χ2v) is 5.52. The first-order valence-electron chi connectivity index (χ1n) is 6.60. The maximum absolute atomic E-state index is 12.5. The number of hydrogen-bond donors (Lipinski definition) is 0. The third-order valence-electron chi connectivity index (χ3n) is 3.81. The van der Waals surface area contributed by atoms with Crippen LogP contribution in [0.5, 0.6) is 0 Å². The van der Waals surface area contributed by atoms with Crippen molar-refractivity contribution in [1.29, 1.82) is 0 Å². The van der Waals surface area contributed by atoms with Crippen LogP contribution in [-0.4, -0.2) is 5.78 Å². The topological polar surface area (TPSA) is 17.1 Å². The van der Waals surface area contributed by atoms with Crippen molar-refractivity contribution < 1.29 is 4.79 Å². The Balaban J connectivity index is 1.81. The number of carbonyl (C=O) groups is 1. The van der Waals surface area contributed by atoms with Gasteiger partial charge in [0.2, 0.25) is 0 Å². The highest BCUT2D eigenvalue weighted by molar-refractivity contribution is 6.30. The lowest BCUT2D eigenvalue weighted by Gasteiger charge is -2.23. The lowest BCUT2D eigenvalue weighted by molar-refractivity contribution is 0.0901. The molecule has 3 rings (SSSR count). The zero-order valence-electron chi connectivity index (χ0n) is 10.6. The number of hydrogen-bond acceptors (Lipinski definition) is 1. The third kappa shape index (κ3) is 2.57. The Hall–Kier alpha value is -1.60. The Morgan fingerprint density at radius 2 is 1.79 bits per heavy atom. The van der Waals surface area contributed by atoms with Gasteiger partial charge in [0.25, 0.3) is 0 Å². The van der Waals surface area contributed by atoms with Crippen LogP contribution in [0.3, 0.4) is 0 Å². The van der Waals surface area contributed by atoms with Gasteiger partial charge in [0.05, 0.1) is 0 Å². The van der Waals surface area contributed by atoms with Crippen molar-refractivity contribution >= 4 is 17.4 Å². The Morgan fingerprint density at radius 3 is 2.58 bits per heavy atom. The number of carbonyl (C=O) groups excluding carboxylic acids is 1. The fourth-order valence-electron chi connectivity index (χ4n) is 2.76. The summed E-state index contributed by atoms with van der Waals surface area (Å²) in [6.07, 6.45) is 2.75. The Bertz CT molecular complexity index is 601. The summed E-state index contributed by atoms with van der Waals surface area (Å²) in [6, 6.07) is 15.8. The first kappa shape index (κ1) is 12.4. The summed E-state index contributed by atoms with van der Waals surface area (Å²) in [7, 11) is 0. The van der Waals surface area contributed by atoms with E-state index >= 15 is 0 Å². The first-order chi connectivity index (χ1) is 9.24. The fraction of sp³-hybridized carbons (Fsp3) is 0.235. The molecule has 0 N–H and O–H groups in total. The van der Waals surface area contributed by atoms with Gasteiger partial charge >= 0.3 is 0 Å². The van der Waals surface area contributed by atoms with Crippen LogP contribution in [0.2, 0.25) is 5.02 Å². The first-order valence-corrected chi connectivity index (χ1v) is 6.98. The van der Waals surface area contributed by atoms with Crippen LogP contribution in [0, 0.1) is 5.92 Å². The van der Waals surface area contributed by atoms with Crippen molar-refractivity contribution in [2.24, 2.45) is 5.92 Å². The van der Waals surface area contributed by atoms with E-state index in [0.717, 1.165) is 29.8 Å². The van der Waals surface area contributed by atoms with Gasteiger partial charge in [-0.2, -0.15) is 0 Å². The van der Waals surface area contributed by atoms with Crippen LogP contribution >= 0.6 is 11.6 Å². The summed E-state index contributed by atoms with van der Waals surface area (Å²) in [5, 5.41) is 0.740. The number of ketones is 1. The van der Waals surface area contributed by atoms with Crippen LogP contribution < -0.4 is 0 Å². The summed E-state index contributed by atoms with van der Waals surface area (Å²) in [5.41, 5.74) is 3.29. The number of benzene rings is 2. The van der Waals surface area contributed by atoms with Crippen LogP contribution in [0.15, 0.2) is 48.5 Å². The molecule has 0 saturated carbocycles. The van der Waals surface area contributed by atoms with Gasteiger partial charge in [-0.1, -0.05) is 48.0 Å². The largest absolute Gasteiger partial charge is 0.294 e. The normalized spacial score (nSPS) is 18.2. The summed E-state index contributed by atoms with van der Waals surface area (Å²) >= 11 is 5.88. The van der Waals surface area contributed by atoms with E-state index in [1.165, 1.54) is 11.1 Å². The maximum Gasteiger partial charge on any atom is 0.166 e. The molecule has 2 aromatic rings. The molecule has 0 spiro atoms. The van der Waals surface area contributed by atoms with Gasteiger partial charge < -0.3 is 0 Å². The summed E-state index contributed by atoms with van der Waals surface area (Å²) < 4.78 is 0. The molecule has 1 aliphatic carbocycles. The van der Waals surface area contributed by atoms with Gasteiger partial charge in [-0.05, 0) is 42.5 Å². The lowest BCUT2D eigenvalue weighted by atomic mass is 9.80. The average molecular weight is 271 g/mol. The van der Waals surface area contributed by atoms with Gasteiger partial charge in [-0.3, -0.25) is 4.79 Å². The molecule has 19 heavy (non-hydrogen) atoms. The molecule has 0 aliphatic heterocycles. The highest BCUT2D eigenvalue weighted by Crippen LogP contribution is 2.28. The Kier molecular flexibility index (Phi) is 3.39. The molecule has 0 fully saturated rings. The second kappa shape index (κ2) is 5.18. The summed E-state index contributed by atoms with van der Waals surface area (Å²) in [5.74, 6) is 0.396. The van der Waals surface area contributed by atoms with Crippen LogP contribution in [-0.2, 0) is 12.8 Å². The number of Topliss-reactive ketones (excluding diaryl/α,β-unsaturated/α-hetero) is 1. The smallest absolute Gasteiger partial charge is 0.166 e. The molecule has 0 heterocycles. The molecule has 96 valence electrons. The van der Waals surface area contributed by atoms with E-state index in [9.17, 15) is 4.79 Å². The van der Waals surface area contributed by atoms with E-state index in [2.05, 4.69) is 6.07 Å². The van der Waals surface area contributed by atoms with Gasteiger partial charge in [0, 0.05) is 16.5 Å². The van der Waals surface area contributed by atoms with Crippen molar-refractivity contribution in [2.45, 2.75) is 19.3 Å². The lowest BCUT2D eigenvalue weighted by Crippen LogP contribution is -2.24. The Labute approximate surface area is 118 Å². The van der Waals surface area contributed by atoms with Crippen molar-refractivity contribution in [3.8, 4) is 0 Å². The standard InChI is InChI=1S/C17H15ClO/c18-15-9-5-12(6-10-15)11-14-8-7-13-3-1-2-4-16(13)17(14)19/h1-6,9-10,14H,7-8,11H2. The van der Waals surface area contributed by atoms with E-state index in [4.69, 9.17) is 11.6 Å². The number of halogens is 1. The Morgan fingerprint density at radius 1 is 1.05 bits per heavy atom. The van der Waals surface area contributed by atoms with Crippen LogP contribution in [0.1, 0.15) is 27.9 Å². The number of rotatable bonds is 2. The summed E-state index contributed by atoms with van der Waals surface area (Å²) in [4.78, 5) is 12.5. The highest BCUT2D eigenvalue weighted by Gasteiger charge is 2.26. The molecular weight excluding hydrogens is 256 g/mol. The van der Waals surface area contributed by atoms with E-state index in [1.54, 1.807) is 0 Å². The molecule has 0 bridgehead atoms. The predicted molar refractivity (Wildman–Crippen MR) is 77.7 cm³/mol.